The molecule has 9 rings (SSSR count). The Morgan fingerprint density at radius 3 is 1.61 bits per heavy atom. The number of allylic oxidation sites excluding steroid dienone is 2. The van der Waals surface area contributed by atoms with Gasteiger partial charge in [-0.15, -0.1) is 0 Å². The summed E-state index contributed by atoms with van der Waals surface area (Å²) in [6, 6.07) is 0. The molecule has 31 atom stereocenters. The first-order valence-corrected chi connectivity index (χ1v) is 27.6. The predicted octanol–water partition coefficient (Wildman–Crippen LogP) is -0.537. The van der Waals surface area contributed by atoms with E-state index in [-0.39, 0.29) is 40.6 Å². The molecule has 4 saturated heterocycles. The first-order valence-electron chi connectivity index (χ1n) is 27.6. The molecule has 0 amide bonds. The van der Waals surface area contributed by atoms with Crippen LogP contribution in [0.15, 0.2) is 11.6 Å². The first-order chi connectivity index (χ1) is 34.9. The molecular formula is C54H90O21. The summed E-state index contributed by atoms with van der Waals surface area (Å²) in [5.41, 5.74) is -1.36. The minimum Gasteiger partial charge on any atom is -0.396 e. The lowest BCUT2D eigenvalue weighted by Gasteiger charge is -2.72. The summed E-state index contributed by atoms with van der Waals surface area (Å²) in [6.07, 6.45) is -23.5. The molecule has 5 aliphatic carbocycles. The van der Waals surface area contributed by atoms with Gasteiger partial charge < -0.3 is 104 Å². The molecule has 21 nitrogen and oxygen atoms in total. The third-order valence-electron chi connectivity index (χ3n) is 21.8. The van der Waals surface area contributed by atoms with Crippen molar-refractivity contribution in [3.05, 3.63) is 11.6 Å². The number of aliphatic hydroxyl groups excluding tert-OH is 13. The van der Waals surface area contributed by atoms with Crippen LogP contribution < -0.4 is 0 Å². The predicted molar refractivity (Wildman–Crippen MR) is 261 cm³/mol. The standard InChI is InChI=1S/C54H90O21/c1-22-31(57)35(61)39(65)45(68-22)73-42-38(64)34(60)27(20-55)71-48(42)74-41-37(63)33(59)24(3)70-47(41)72-30-14-15-51(7)28(52(30,8)21-56)13-16-54(10)29(51)12-11-25-26-19-49(4,5)44(43(67)50(26,6)17-18-53(25,54)9)75-46-40(66)36(62)32(58)23(2)69-46/h11,22-24,26-48,55-67H,12-21H2,1-10H3/t22-,23-,24-,26-,27+,28+,29+,30-,31-,32-,33-,34-,35+,36+,37+,38-,39+,40+,41+,42+,43+,44-,45-,46-,47-,48-,50+,51-,52+,53+,54+/m0/s1. The van der Waals surface area contributed by atoms with Crippen molar-refractivity contribution in [3.8, 4) is 0 Å². The van der Waals surface area contributed by atoms with E-state index in [4.69, 9.17) is 37.9 Å². The molecule has 0 aromatic carbocycles. The van der Waals surface area contributed by atoms with Crippen LogP contribution in [0.5, 0.6) is 0 Å². The first kappa shape index (κ1) is 58.6. The SMILES string of the molecule is C[C@@H]1O[C@@H](O[C@H]2[C@H](O[C@H]3[C@H](O[C@H]4CC[C@@]5(C)[C@@H](CC[C@]6(C)[C@@H]5CC=C5[C@@H]7CC(C)(C)[C@@H](O[C@@H]8O[C@@H](C)[C@H](O)[C@@H](O)[C@H]8O)[C@@H](O)[C@]7(C)CC[C@]56C)[C@@]4(C)CO)O[C@@H](C)[C@H](O)[C@H]3O)O[C@H](CO)[C@H](O)[C@@H]2O)[C@H](O)[C@H](O)[C@H]1O. The van der Waals surface area contributed by atoms with E-state index < -0.39 is 164 Å². The molecular weight excluding hydrogens is 985 g/mol. The molecule has 0 aromatic heterocycles. The van der Waals surface area contributed by atoms with Crippen molar-refractivity contribution < 1.29 is 104 Å². The number of hydrogen-bond acceptors (Lipinski definition) is 21. The van der Waals surface area contributed by atoms with Crippen LogP contribution in [-0.4, -0.2) is 221 Å². The van der Waals surface area contributed by atoms with E-state index in [1.165, 1.54) is 12.5 Å². The third kappa shape index (κ3) is 9.17. The highest BCUT2D eigenvalue weighted by molar-refractivity contribution is 5.35. The zero-order valence-corrected chi connectivity index (χ0v) is 45.2. The molecule has 432 valence electrons. The molecule has 0 aromatic rings. The Kier molecular flexibility index (Phi) is 16.2. The van der Waals surface area contributed by atoms with Gasteiger partial charge in [-0.05, 0) is 112 Å². The molecule has 4 aliphatic heterocycles. The summed E-state index contributed by atoms with van der Waals surface area (Å²) in [6.45, 7) is 19.1. The van der Waals surface area contributed by atoms with E-state index >= 15 is 0 Å². The lowest BCUT2D eigenvalue weighted by molar-refractivity contribution is -0.396. The third-order valence-corrected chi connectivity index (χ3v) is 21.8. The van der Waals surface area contributed by atoms with Gasteiger partial charge in [0.05, 0.1) is 49.8 Å². The number of aliphatic hydroxyl groups is 13. The zero-order chi connectivity index (χ0) is 55.0. The van der Waals surface area contributed by atoms with Crippen LogP contribution >= 0.6 is 0 Å². The summed E-state index contributed by atoms with van der Waals surface area (Å²) in [5, 5.41) is 143. The molecule has 13 N–H and O–H groups in total. The summed E-state index contributed by atoms with van der Waals surface area (Å²) < 4.78 is 49.4. The Bertz CT molecular complexity index is 2050. The maximum atomic E-state index is 12.5. The van der Waals surface area contributed by atoms with Gasteiger partial charge in [0.15, 0.2) is 25.2 Å². The fraction of sp³-hybridized carbons (Fsp3) is 0.963. The van der Waals surface area contributed by atoms with Gasteiger partial charge in [-0.2, -0.15) is 0 Å². The van der Waals surface area contributed by atoms with Crippen molar-refractivity contribution in [2.75, 3.05) is 13.2 Å². The number of ether oxygens (including phenoxy) is 8. The number of hydrogen-bond donors (Lipinski definition) is 13. The van der Waals surface area contributed by atoms with Gasteiger partial charge in [-0.25, -0.2) is 0 Å². The second-order valence-corrected chi connectivity index (χ2v) is 26.3. The molecule has 4 heterocycles. The average molecular weight is 1080 g/mol. The van der Waals surface area contributed by atoms with Gasteiger partial charge in [-0.3, -0.25) is 0 Å². The minimum atomic E-state index is -1.85. The maximum absolute atomic E-state index is 12.5. The highest BCUT2D eigenvalue weighted by Crippen LogP contribution is 2.76. The van der Waals surface area contributed by atoms with Crippen LogP contribution in [0.3, 0.4) is 0 Å². The number of fused-ring (bicyclic) bond motifs is 7. The van der Waals surface area contributed by atoms with E-state index in [0.29, 0.717) is 25.7 Å². The van der Waals surface area contributed by atoms with Crippen LogP contribution in [-0.2, 0) is 37.9 Å². The van der Waals surface area contributed by atoms with E-state index in [9.17, 15) is 66.4 Å². The molecule has 0 radical (unpaired) electrons. The summed E-state index contributed by atoms with van der Waals surface area (Å²) in [5.74, 6) is 0.158. The van der Waals surface area contributed by atoms with Crippen LogP contribution in [0.1, 0.15) is 121 Å². The lowest BCUT2D eigenvalue weighted by atomic mass is 9.33. The summed E-state index contributed by atoms with van der Waals surface area (Å²) in [7, 11) is 0. The number of rotatable bonds is 10. The van der Waals surface area contributed by atoms with Gasteiger partial charge in [0, 0.05) is 10.8 Å². The largest absolute Gasteiger partial charge is 0.396 e. The highest BCUT2D eigenvalue weighted by atomic mass is 16.8. The van der Waals surface area contributed by atoms with Crippen molar-refractivity contribution in [3.63, 3.8) is 0 Å². The fourth-order valence-electron chi connectivity index (χ4n) is 16.6. The normalized spacial score (nSPS) is 57.9. The highest BCUT2D eigenvalue weighted by Gasteiger charge is 2.71. The van der Waals surface area contributed by atoms with Crippen molar-refractivity contribution in [1.29, 1.82) is 0 Å². The van der Waals surface area contributed by atoms with E-state index in [1.807, 2.05) is 6.92 Å². The van der Waals surface area contributed by atoms with E-state index in [1.54, 1.807) is 13.8 Å². The van der Waals surface area contributed by atoms with Gasteiger partial charge in [0.2, 0.25) is 0 Å². The average Bonchev–Trinajstić information content (AvgIpc) is 3.38. The molecule has 0 bridgehead atoms. The Morgan fingerprint density at radius 2 is 1.04 bits per heavy atom. The second kappa shape index (κ2) is 20.7. The topological polar surface area (TPSA) is 337 Å². The Morgan fingerprint density at radius 1 is 0.520 bits per heavy atom. The van der Waals surface area contributed by atoms with Gasteiger partial charge in [0.25, 0.3) is 0 Å². The Balaban J connectivity index is 0.952. The zero-order valence-electron chi connectivity index (χ0n) is 45.2. The van der Waals surface area contributed by atoms with Crippen molar-refractivity contribution >= 4 is 0 Å². The Hall–Kier alpha value is -1.10. The molecule has 0 unspecified atom stereocenters. The van der Waals surface area contributed by atoms with E-state index in [0.717, 1.165) is 25.7 Å². The quantitative estimate of drug-likeness (QED) is 0.0965. The summed E-state index contributed by atoms with van der Waals surface area (Å²) in [4.78, 5) is 0. The fourth-order valence-corrected chi connectivity index (χ4v) is 16.6. The second-order valence-electron chi connectivity index (χ2n) is 26.3. The van der Waals surface area contributed by atoms with Crippen molar-refractivity contribution in [2.45, 2.75) is 262 Å². The molecule has 21 heteroatoms. The summed E-state index contributed by atoms with van der Waals surface area (Å²) >= 11 is 0. The molecule has 8 fully saturated rings. The van der Waals surface area contributed by atoms with Crippen molar-refractivity contribution in [1.82, 2.24) is 0 Å². The van der Waals surface area contributed by atoms with Crippen LogP contribution in [0.25, 0.3) is 0 Å². The van der Waals surface area contributed by atoms with E-state index in [2.05, 4.69) is 47.6 Å². The van der Waals surface area contributed by atoms with Crippen molar-refractivity contribution in [2.24, 2.45) is 50.2 Å². The maximum Gasteiger partial charge on any atom is 0.187 e. The molecule has 0 spiro atoms. The lowest BCUT2D eigenvalue weighted by Crippen LogP contribution is -2.68. The van der Waals surface area contributed by atoms with Crippen LogP contribution in [0, 0.1) is 50.2 Å². The minimum absolute atomic E-state index is 0.0169. The molecule has 4 saturated carbocycles. The van der Waals surface area contributed by atoms with Gasteiger partial charge >= 0.3 is 0 Å². The Labute approximate surface area is 440 Å². The molecule has 9 aliphatic rings. The van der Waals surface area contributed by atoms with Gasteiger partial charge in [-0.1, -0.05) is 60.1 Å². The van der Waals surface area contributed by atoms with Crippen LogP contribution in [0.2, 0.25) is 0 Å². The molecule has 75 heavy (non-hydrogen) atoms. The van der Waals surface area contributed by atoms with Crippen LogP contribution in [0.4, 0.5) is 0 Å². The monoisotopic (exact) mass is 1070 g/mol. The van der Waals surface area contributed by atoms with Gasteiger partial charge in [0.1, 0.15) is 79.4 Å². The smallest absolute Gasteiger partial charge is 0.187 e.